The van der Waals surface area contributed by atoms with E-state index in [9.17, 15) is 4.79 Å². The van der Waals surface area contributed by atoms with Crippen molar-refractivity contribution in [3.8, 4) is 11.5 Å². The average Bonchev–Trinajstić information content (AvgIpc) is 3.55. The van der Waals surface area contributed by atoms with Gasteiger partial charge in [-0.1, -0.05) is 18.2 Å². The van der Waals surface area contributed by atoms with Crippen LogP contribution in [-0.2, 0) is 6.54 Å². The van der Waals surface area contributed by atoms with Gasteiger partial charge in [0.05, 0.1) is 11.6 Å². The van der Waals surface area contributed by atoms with E-state index in [0.29, 0.717) is 24.4 Å². The number of fused-ring (bicyclic) bond motifs is 2. The maximum Gasteiger partial charge on any atom is 0.257 e. The van der Waals surface area contributed by atoms with Crippen LogP contribution in [0.15, 0.2) is 59.0 Å². The Labute approximate surface area is 185 Å². The van der Waals surface area contributed by atoms with Crippen LogP contribution in [0.5, 0.6) is 11.5 Å². The monoisotopic (exact) mass is 432 g/mol. The maximum atomic E-state index is 13.6. The van der Waals surface area contributed by atoms with Gasteiger partial charge in [0.15, 0.2) is 11.5 Å². The van der Waals surface area contributed by atoms with Crippen molar-refractivity contribution in [1.82, 2.24) is 15.8 Å². The van der Waals surface area contributed by atoms with Crippen LogP contribution in [0, 0.1) is 12.8 Å². The van der Waals surface area contributed by atoms with E-state index >= 15 is 0 Å². The average molecular weight is 432 g/mol. The van der Waals surface area contributed by atoms with Crippen molar-refractivity contribution in [2.24, 2.45) is 5.92 Å². The predicted octanol–water partition coefficient (Wildman–Crippen LogP) is 3.18. The number of anilines is 1. The number of carbonyl (C=O) groups is 1. The molecule has 1 fully saturated rings. The summed E-state index contributed by atoms with van der Waals surface area (Å²) in [5.74, 6) is 3.22. The molecule has 0 saturated carbocycles. The molecule has 3 aromatic rings. The topological polar surface area (TPSA) is 88.0 Å². The van der Waals surface area contributed by atoms with Crippen molar-refractivity contribution in [1.29, 1.82) is 0 Å². The van der Waals surface area contributed by atoms with Crippen LogP contribution in [0.3, 0.4) is 0 Å². The molecular formula is C24H24N4O4. The summed E-state index contributed by atoms with van der Waals surface area (Å²) in [4.78, 5) is 15.5. The maximum absolute atomic E-state index is 13.6. The van der Waals surface area contributed by atoms with E-state index in [0.717, 1.165) is 28.5 Å². The Hall–Kier alpha value is -3.49. The second-order valence-corrected chi connectivity index (χ2v) is 8.37. The Morgan fingerprint density at radius 1 is 1.06 bits per heavy atom. The molecule has 32 heavy (non-hydrogen) atoms. The molecule has 3 atom stereocenters. The first-order valence-electron chi connectivity index (χ1n) is 10.8. The predicted molar refractivity (Wildman–Crippen MR) is 117 cm³/mol. The first-order valence-corrected chi connectivity index (χ1v) is 10.8. The number of hydrogen-bond donors (Lipinski definition) is 3. The van der Waals surface area contributed by atoms with Crippen LogP contribution in [0.25, 0.3) is 0 Å². The zero-order valence-corrected chi connectivity index (χ0v) is 17.6. The van der Waals surface area contributed by atoms with Crippen molar-refractivity contribution >= 4 is 11.6 Å². The Balaban J connectivity index is 1.36. The molecule has 6 rings (SSSR count). The zero-order chi connectivity index (χ0) is 21.7. The van der Waals surface area contributed by atoms with Crippen molar-refractivity contribution in [2.45, 2.75) is 25.7 Å². The van der Waals surface area contributed by atoms with Gasteiger partial charge in [-0.05, 0) is 48.9 Å². The van der Waals surface area contributed by atoms with Gasteiger partial charge in [0.1, 0.15) is 17.7 Å². The number of benzene rings is 2. The standard InChI is InChI=1S/C24H24N4O4/c1-14-6-8-20(32-14)22-17(11-25-27-22)23-26-18-5-3-2-4-16(18)24(29)28(23)12-15-7-9-19-21(10-15)31-13-30-19/h2-10,17,22-23,25-27H,11-13H2,1H3. The van der Waals surface area contributed by atoms with Crippen molar-refractivity contribution in [2.75, 3.05) is 18.7 Å². The fourth-order valence-corrected chi connectivity index (χ4v) is 4.77. The lowest BCUT2D eigenvalue weighted by molar-refractivity contribution is 0.0593. The highest BCUT2D eigenvalue weighted by atomic mass is 16.7. The minimum Gasteiger partial charge on any atom is -0.465 e. The van der Waals surface area contributed by atoms with E-state index < -0.39 is 0 Å². The zero-order valence-electron chi connectivity index (χ0n) is 17.6. The third kappa shape index (κ3) is 3.19. The van der Waals surface area contributed by atoms with Crippen molar-refractivity contribution < 1.29 is 18.7 Å². The third-order valence-corrected chi connectivity index (χ3v) is 6.34. The summed E-state index contributed by atoms with van der Waals surface area (Å²) in [5, 5.41) is 3.63. The van der Waals surface area contributed by atoms with Gasteiger partial charge in [-0.3, -0.25) is 10.2 Å². The summed E-state index contributed by atoms with van der Waals surface area (Å²) in [6.45, 7) is 3.30. The number of amides is 1. The van der Waals surface area contributed by atoms with Crippen molar-refractivity contribution in [3.05, 3.63) is 77.2 Å². The van der Waals surface area contributed by atoms with Gasteiger partial charge in [-0.2, -0.15) is 0 Å². The number of aryl methyl sites for hydroxylation is 1. The number of nitrogens with one attached hydrogen (secondary N) is 3. The van der Waals surface area contributed by atoms with Crippen LogP contribution in [0.1, 0.15) is 33.5 Å². The Morgan fingerprint density at radius 2 is 1.94 bits per heavy atom. The molecule has 4 heterocycles. The molecule has 3 unspecified atom stereocenters. The molecule has 0 radical (unpaired) electrons. The number of para-hydroxylation sites is 1. The highest BCUT2D eigenvalue weighted by Gasteiger charge is 2.43. The van der Waals surface area contributed by atoms with E-state index in [4.69, 9.17) is 13.9 Å². The first-order chi connectivity index (χ1) is 15.7. The minimum absolute atomic E-state index is 0.00305. The first kappa shape index (κ1) is 19.2. The molecule has 0 spiro atoms. The van der Waals surface area contributed by atoms with Crippen LogP contribution < -0.4 is 25.6 Å². The number of nitrogens with zero attached hydrogens (tertiary/aromatic N) is 1. The molecule has 3 aliphatic rings. The number of ether oxygens (including phenoxy) is 2. The van der Waals surface area contributed by atoms with Gasteiger partial charge in [0.25, 0.3) is 5.91 Å². The molecule has 2 aromatic carbocycles. The van der Waals surface area contributed by atoms with Crippen LogP contribution >= 0.6 is 0 Å². The molecule has 3 N–H and O–H groups in total. The van der Waals surface area contributed by atoms with Gasteiger partial charge in [-0.15, -0.1) is 0 Å². The van der Waals surface area contributed by atoms with E-state index in [1.165, 1.54) is 0 Å². The van der Waals surface area contributed by atoms with Gasteiger partial charge in [0.2, 0.25) is 6.79 Å². The molecule has 0 bridgehead atoms. The van der Waals surface area contributed by atoms with Crippen LogP contribution in [0.2, 0.25) is 0 Å². The lowest BCUT2D eigenvalue weighted by atomic mass is 9.92. The summed E-state index contributed by atoms with van der Waals surface area (Å²) in [6, 6.07) is 17.4. The molecular weight excluding hydrogens is 408 g/mol. The fourth-order valence-electron chi connectivity index (χ4n) is 4.77. The van der Waals surface area contributed by atoms with Crippen LogP contribution in [0.4, 0.5) is 5.69 Å². The number of rotatable bonds is 4. The second kappa shape index (κ2) is 7.58. The SMILES string of the molecule is Cc1ccc(C2NNCC2C2Nc3ccccc3C(=O)N2Cc2ccc3c(c2)OCO3)o1. The molecule has 1 aromatic heterocycles. The summed E-state index contributed by atoms with van der Waals surface area (Å²) in [7, 11) is 0. The summed E-state index contributed by atoms with van der Waals surface area (Å²) in [6.07, 6.45) is -0.235. The van der Waals surface area contributed by atoms with Gasteiger partial charge >= 0.3 is 0 Å². The van der Waals surface area contributed by atoms with Gasteiger partial charge < -0.3 is 24.1 Å². The lowest BCUT2D eigenvalue weighted by Gasteiger charge is -2.42. The molecule has 0 aliphatic carbocycles. The molecule has 1 amide bonds. The Kier molecular flexibility index (Phi) is 4.55. The van der Waals surface area contributed by atoms with E-state index in [2.05, 4.69) is 16.2 Å². The number of carbonyl (C=O) groups excluding carboxylic acids is 1. The lowest BCUT2D eigenvalue weighted by Crippen LogP contribution is -2.53. The Bertz CT molecular complexity index is 1180. The van der Waals surface area contributed by atoms with Crippen molar-refractivity contribution in [3.63, 3.8) is 0 Å². The smallest absolute Gasteiger partial charge is 0.257 e. The highest BCUT2D eigenvalue weighted by molar-refractivity contribution is 6.01. The fraction of sp³-hybridized carbons (Fsp3) is 0.292. The summed E-state index contributed by atoms with van der Waals surface area (Å²) in [5.41, 5.74) is 9.10. The van der Waals surface area contributed by atoms with E-state index in [1.54, 1.807) is 0 Å². The molecule has 164 valence electrons. The van der Waals surface area contributed by atoms with E-state index in [-0.39, 0.29) is 30.8 Å². The second-order valence-electron chi connectivity index (χ2n) is 8.37. The molecule has 8 heteroatoms. The van der Waals surface area contributed by atoms with Crippen LogP contribution in [-0.4, -0.2) is 30.3 Å². The summed E-state index contributed by atoms with van der Waals surface area (Å²) < 4.78 is 16.9. The Morgan fingerprint density at radius 3 is 2.81 bits per heavy atom. The quantitative estimate of drug-likeness (QED) is 0.584. The number of hydrazine groups is 1. The van der Waals surface area contributed by atoms with Gasteiger partial charge in [-0.25, -0.2) is 5.43 Å². The largest absolute Gasteiger partial charge is 0.465 e. The number of furan rings is 1. The number of hydrogen-bond acceptors (Lipinski definition) is 7. The van der Waals surface area contributed by atoms with Gasteiger partial charge in [0, 0.05) is 24.7 Å². The molecule has 1 saturated heterocycles. The molecule has 3 aliphatic heterocycles. The third-order valence-electron chi connectivity index (χ3n) is 6.34. The minimum atomic E-state index is -0.235. The normalized spacial score (nSPS) is 23.8. The van der Waals surface area contributed by atoms with E-state index in [1.807, 2.05) is 66.4 Å². The molecule has 8 nitrogen and oxygen atoms in total. The highest BCUT2D eigenvalue weighted by Crippen LogP contribution is 2.38. The summed E-state index contributed by atoms with van der Waals surface area (Å²) >= 11 is 0.